The normalized spacial score (nSPS) is 11.3. The van der Waals surface area contributed by atoms with Gasteiger partial charge in [0.1, 0.15) is 4.88 Å². The summed E-state index contributed by atoms with van der Waals surface area (Å²) in [6.45, 7) is 3.21. The van der Waals surface area contributed by atoms with Crippen LogP contribution in [0.3, 0.4) is 0 Å². The summed E-state index contributed by atoms with van der Waals surface area (Å²) in [5.74, 6) is -0.124. The van der Waals surface area contributed by atoms with Crippen molar-refractivity contribution < 1.29 is 4.79 Å². The number of anilines is 1. The van der Waals surface area contributed by atoms with Crippen molar-refractivity contribution in [2.45, 2.75) is 6.92 Å². The highest BCUT2D eigenvalue weighted by Gasteiger charge is 2.26. The van der Waals surface area contributed by atoms with E-state index < -0.39 is 0 Å². The maximum absolute atomic E-state index is 13.6. The van der Waals surface area contributed by atoms with Gasteiger partial charge in [0.15, 0.2) is 5.13 Å². The maximum Gasteiger partial charge on any atom is 0.271 e. The Morgan fingerprint density at radius 1 is 1.07 bits per heavy atom. The molecular formula is C21H20Cl3N3OS2. The average Bonchev–Trinajstić information content (AvgIpc) is 3.23. The Bertz CT molecular complexity index is 1220. The third-order valence-corrected chi connectivity index (χ3v) is 7.52. The summed E-state index contributed by atoms with van der Waals surface area (Å²) in [5.41, 5.74) is 1.87. The molecule has 0 fully saturated rings. The number of amides is 1. The molecule has 0 aliphatic rings. The molecule has 0 saturated carbocycles. The van der Waals surface area contributed by atoms with Crippen LogP contribution in [-0.4, -0.2) is 43.0 Å². The largest absolute Gasteiger partial charge is 0.308 e. The molecule has 4 rings (SSSR count). The highest BCUT2D eigenvalue weighted by Crippen LogP contribution is 2.38. The van der Waals surface area contributed by atoms with Crippen LogP contribution in [0.5, 0.6) is 0 Å². The zero-order chi connectivity index (χ0) is 20.7. The van der Waals surface area contributed by atoms with Gasteiger partial charge in [-0.1, -0.05) is 52.7 Å². The molecule has 9 heteroatoms. The van der Waals surface area contributed by atoms with E-state index in [2.05, 4.69) is 0 Å². The molecule has 0 saturated heterocycles. The van der Waals surface area contributed by atoms with Gasteiger partial charge in [0.25, 0.3) is 5.91 Å². The van der Waals surface area contributed by atoms with Crippen LogP contribution in [0.25, 0.3) is 20.3 Å². The number of carbonyl (C=O) groups excluding carboxylic acids is 1. The summed E-state index contributed by atoms with van der Waals surface area (Å²) in [5, 5.41) is 2.74. The first-order valence-corrected chi connectivity index (χ1v) is 11.4. The first kappa shape index (κ1) is 23.3. The average molecular weight is 501 g/mol. The van der Waals surface area contributed by atoms with Crippen molar-refractivity contribution in [3.05, 3.63) is 56.9 Å². The Kier molecular flexibility index (Phi) is 7.28. The molecule has 0 atom stereocenters. The van der Waals surface area contributed by atoms with Crippen molar-refractivity contribution in [2.24, 2.45) is 0 Å². The number of aromatic nitrogens is 1. The smallest absolute Gasteiger partial charge is 0.271 e. The van der Waals surface area contributed by atoms with Crippen molar-refractivity contribution in [1.82, 2.24) is 9.88 Å². The number of benzene rings is 2. The summed E-state index contributed by atoms with van der Waals surface area (Å²) >= 11 is 15.7. The van der Waals surface area contributed by atoms with E-state index >= 15 is 0 Å². The van der Waals surface area contributed by atoms with Crippen LogP contribution >= 0.6 is 58.3 Å². The molecule has 1 amide bonds. The quantitative estimate of drug-likeness (QED) is 0.304. The van der Waals surface area contributed by atoms with Gasteiger partial charge in [0.2, 0.25) is 0 Å². The van der Waals surface area contributed by atoms with E-state index in [-0.39, 0.29) is 18.3 Å². The van der Waals surface area contributed by atoms with E-state index in [1.54, 1.807) is 4.90 Å². The number of halogens is 3. The van der Waals surface area contributed by atoms with Crippen molar-refractivity contribution in [2.75, 3.05) is 32.1 Å². The number of likely N-dealkylation sites (N-methyl/N-ethyl adjacent to an activating group) is 1. The van der Waals surface area contributed by atoms with E-state index in [0.29, 0.717) is 33.1 Å². The topological polar surface area (TPSA) is 36.4 Å². The predicted molar refractivity (Wildman–Crippen MR) is 134 cm³/mol. The number of hydrogen-bond donors (Lipinski definition) is 0. The summed E-state index contributed by atoms with van der Waals surface area (Å²) in [6, 6.07) is 11.6. The third kappa shape index (κ3) is 4.44. The van der Waals surface area contributed by atoms with Gasteiger partial charge in [-0.15, -0.1) is 23.7 Å². The summed E-state index contributed by atoms with van der Waals surface area (Å²) in [4.78, 5) is 22.6. The Hall–Kier alpha value is -1.41. The lowest BCUT2D eigenvalue weighted by atomic mass is 10.2. The number of carbonyl (C=O) groups is 1. The SMILES string of the molecule is Cc1cc(Cl)cc2sc(N(CCN(C)C)C(=O)c3sc4ccccc4c3Cl)nc12.Cl. The van der Waals surface area contributed by atoms with Crippen LogP contribution in [0, 0.1) is 6.92 Å². The third-order valence-electron chi connectivity index (χ3n) is 4.62. The van der Waals surface area contributed by atoms with Gasteiger partial charge in [-0.3, -0.25) is 9.69 Å². The van der Waals surface area contributed by atoms with Crippen LogP contribution in [0.1, 0.15) is 15.2 Å². The number of fused-ring (bicyclic) bond motifs is 2. The first-order chi connectivity index (χ1) is 13.8. The minimum atomic E-state index is -0.124. The van der Waals surface area contributed by atoms with Gasteiger partial charge in [0.05, 0.1) is 15.2 Å². The molecule has 4 aromatic rings. The van der Waals surface area contributed by atoms with Gasteiger partial charge < -0.3 is 4.90 Å². The zero-order valence-corrected chi connectivity index (χ0v) is 20.6. The van der Waals surface area contributed by atoms with E-state index in [9.17, 15) is 4.79 Å². The Morgan fingerprint density at radius 3 is 2.50 bits per heavy atom. The number of aryl methyl sites for hydroxylation is 1. The van der Waals surface area contributed by atoms with Gasteiger partial charge in [-0.25, -0.2) is 4.98 Å². The standard InChI is InChI=1S/C21H19Cl2N3OS2.ClH/c1-12-10-13(22)11-16-18(12)24-21(29-16)26(9-8-25(2)3)20(27)19-17(23)14-6-4-5-7-15(14)28-19;/h4-7,10-11H,8-9H2,1-3H3;1H. The van der Waals surface area contributed by atoms with Crippen molar-refractivity contribution >= 4 is 89.6 Å². The zero-order valence-electron chi connectivity index (χ0n) is 16.6. The predicted octanol–water partition coefficient (Wildman–Crippen LogP) is 6.76. The lowest BCUT2D eigenvalue weighted by Crippen LogP contribution is -2.36. The van der Waals surface area contributed by atoms with E-state index in [1.165, 1.54) is 22.7 Å². The number of rotatable bonds is 5. The van der Waals surface area contributed by atoms with Gasteiger partial charge in [0, 0.05) is 28.2 Å². The second-order valence-electron chi connectivity index (χ2n) is 7.07. The Labute approximate surface area is 199 Å². The first-order valence-electron chi connectivity index (χ1n) is 9.05. The fourth-order valence-corrected chi connectivity index (χ4v) is 6.02. The van der Waals surface area contributed by atoms with Crippen LogP contribution in [0.15, 0.2) is 36.4 Å². The highest BCUT2D eigenvalue weighted by atomic mass is 35.5. The van der Waals surface area contributed by atoms with E-state index in [4.69, 9.17) is 28.2 Å². The molecule has 0 aliphatic heterocycles. The molecule has 0 radical (unpaired) electrons. The Morgan fingerprint density at radius 2 is 1.80 bits per heavy atom. The molecule has 0 bridgehead atoms. The molecule has 0 aliphatic carbocycles. The van der Waals surface area contributed by atoms with Gasteiger partial charge in [-0.2, -0.15) is 0 Å². The van der Waals surface area contributed by atoms with E-state index in [1.807, 2.05) is 62.3 Å². The summed E-state index contributed by atoms with van der Waals surface area (Å²) in [7, 11) is 3.97. The molecule has 2 heterocycles. The fourth-order valence-electron chi connectivity index (χ4n) is 3.12. The molecule has 4 nitrogen and oxygen atoms in total. The molecule has 30 heavy (non-hydrogen) atoms. The minimum absolute atomic E-state index is 0. The number of thiazole rings is 1. The van der Waals surface area contributed by atoms with E-state index in [0.717, 1.165) is 25.9 Å². The van der Waals surface area contributed by atoms with Crippen LogP contribution < -0.4 is 4.90 Å². The van der Waals surface area contributed by atoms with Gasteiger partial charge in [-0.05, 0) is 44.8 Å². The second kappa shape index (κ2) is 9.39. The van der Waals surface area contributed by atoms with Gasteiger partial charge >= 0.3 is 0 Å². The molecule has 2 aromatic carbocycles. The maximum atomic E-state index is 13.6. The summed E-state index contributed by atoms with van der Waals surface area (Å²) < 4.78 is 1.97. The lowest BCUT2D eigenvalue weighted by Gasteiger charge is -2.21. The number of thiophene rings is 1. The molecule has 158 valence electrons. The van der Waals surface area contributed by atoms with Crippen molar-refractivity contribution in [1.29, 1.82) is 0 Å². The molecule has 0 N–H and O–H groups in total. The monoisotopic (exact) mass is 499 g/mol. The molecular weight excluding hydrogens is 481 g/mol. The van der Waals surface area contributed by atoms with Crippen LogP contribution in [0.2, 0.25) is 10.0 Å². The molecule has 0 unspecified atom stereocenters. The number of hydrogen-bond acceptors (Lipinski definition) is 5. The Balaban J connectivity index is 0.00000256. The number of nitrogens with zero attached hydrogens (tertiary/aromatic N) is 3. The lowest BCUT2D eigenvalue weighted by molar-refractivity contribution is 0.0989. The van der Waals surface area contributed by atoms with Crippen LogP contribution in [-0.2, 0) is 0 Å². The summed E-state index contributed by atoms with van der Waals surface area (Å²) in [6.07, 6.45) is 0. The van der Waals surface area contributed by atoms with Crippen molar-refractivity contribution in [3.63, 3.8) is 0 Å². The molecule has 0 spiro atoms. The second-order valence-corrected chi connectivity index (χ2v) is 9.94. The van der Waals surface area contributed by atoms with Crippen LogP contribution in [0.4, 0.5) is 5.13 Å². The fraction of sp³-hybridized carbons (Fsp3) is 0.238. The van der Waals surface area contributed by atoms with Crippen molar-refractivity contribution in [3.8, 4) is 0 Å². The molecule has 2 aromatic heterocycles. The minimum Gasteiger partial charge on any atom is -0.308 e. The highest BCUT2D eigenvalue weighted by molar-refractivity contribution is 7.23.